The van der Waals surface area contributed by atoms with E-state index >= 15 is 0 Å². The summed E-state index contributed by atoms with van der Waals surface area (Å²) in [5.41, 5.74) is 2.15. The Morgan fingerprint density at radius 1 is 1.09 bits per heavy atom. The molecule has 60 valence electrons. The van der Waals surface area contributed by atoms with E-state index in [-0.39, 0.29) is 12.2 Å². The molecule has 2 unspecified atom stereocenters. The van der Waals surface area contributed by atoms with Gasteiger partial charge >= 0.3 is 0 Å². The van der Waals surface area contributed by atoms with Gasteiger partial charge in [-0.15, -0.1) is 0 Å². The highest BCUT2D eigenvalue weighted by Crippen LogP contribution is 2.16. The summed E-state index contributed by atoms with van der Waals surface area (Å²) in [6.07, 6.45) is 0.313. The van der Waals surface area contributed by atoms with Gasteiger partial charge in [-0.1, -0.05) is 0 Å². The van der Waals surface area contributed by atoms with Gasteiger partial charge < -0.3 is 4.74 Å². The molecule has 0 bridgehead atoms. The number of fused-ring (bicyclic) bond motifs is 1. The molecule has 3 nitrogen and oxygen atoms in total. The average molecular weight is 152 g/mol. The average Bonchev–Trinajstić information content (AvgIpc) is 2.30. The van der Waals surface area contributed by atoms with E-state index in [1.54, 1.807) is 0 Å². The maximum absolute atomic E-state index is 5.55. The molecule has 2 atom stereocenters. The summed E-state index contributed by atoms with van der Waals surface area (Å²) in [6.45, 7) is 5.73. The highest BCUT2D eigenvalue weighted by Gasteiger charge is 2.32. The minimum Gasteiger partial charge on any atom is -0.363 e. The zero-order chi connectivity index (χ0) is 7.84. The lowest BCUT2D eigenvalue weighted by Crippen LogP contribution is -2.24. The molecule has 2 rings (SSSR count). The molecule has 2 aliphatic rings. The first-order valence-corrected chi connectivity index (χ1v) is 4.03. The van der Waals surface area contributed by atoms with E-state index in [4.69, 9.17) is 4.74 Å². The van der Waals surface area contributed by atoms with E-state index in [0.717, 1.165) is 24.5 Å². The molecule has 0 radical (unpaired) electrons. The highest BCUT2D eigenvalue weighted by molar-refractivity contribution is 6.47. The quantitative estimate of drug-likeness (QED) is 0.502. The van der Waals surface area contributed by atoms with Crippen molar-refractivity contribution in [2.75, 3.05) is 13.1 Å². The molecular formula is C8H12N2O. The fraction of sp³-hybridized carbons (Fsp3) is 0.750. The van der Waals surface area contributed by atoms with Crippen molar-refractivity contribution in [1.82, 2.24) is 0 Å². The Hall–Kier alpha value is -0.700. The van der Waals surface area contributed by atoms with Gasteiger partial charge in [0.2, 0.25) is 0 Å². The third-order valence-electron chi connectivity index (χ3n) is 2.11. The van der Waals surface area contributed by atoms with Gasteiger partial charge in [0.05, 0.1) is 36.7 Å². The zero-order valence-corrected chi connectivity index (χ0v) is 6.87. The van der Waals surface area contributed by atoms with Crippen LogP contribution >= 0.6 is 0 Å². The van der Waals surface area contributed by atoms with E-state index in [1.165, 1.54) is 0 Å². The Morgan fingerprint density at radius 3 is 2.00 bits per heavy atom. The van der Waals surface area contributed by atoms with Crippen LogP contribution in [-0.4, -0.2) is 36.7 Å². The third kappa shape index (κ3) is 0.997. The minimum absolute atomic E-state index is 0.157. The van der Waals surface area contributed by atoms with E-state index in [9.17, 15) is 0 Å². The van der Waals surface area contributed by atoms with Gasteiger partial charge in [0.15, 0.2) is 0 Å². The van der Waals surface area contributed by atoms with E-state index in [2.05, 4.69) is 9.98 Å². The summed E-state index contributed by atoms with van der Waals surface area (Å²) in [4.78, 5) is 8.77. The summed E-state index contributed by atoms with van der Waals surface area (Å²) >= 11 is 0. The molecule has 0 N–H and O–H groups in total. The molecule has 0 saturated carbocycles. The SMILES string of the molecule is CC1OC(C)C2=NCCN=C21. The molecule has 2 heterocycles. The molecule has 1 saturated heterocycles. The first-order valence-electron chi connectivity index (χ1n) is 4.03. The van der Waals surface area contributed by atoms with Crippen LogP contribution in [0.25, 0.3) is 0 Å². The first-order chi connectivity index (χ1) is 5.29. The second-order valence-corrected chi connectivity index (χ2v) is 2.95. The van der Waals surface area contributed by atoms with Gasteiger partial charge in [-0.05, 0) is 13.8 Å². The Morgan fingerprint density at radius 2 is 1.55 bits per heavy atom. The number of ether oxygens (including phenoxy) is 1. The molecule has 0 aliphatic carbocycles. The van der Waals surface area contributed by atoms with Crippen LogP contribution in [0.3, 0.4) is 0 Å². The number of rotatable bonds is 0. The van der Waals surface area contributed by atoms with E-state index in [1.807, 2.05) is 13.8 Å². The molecule has 0 spiro atoms. The molecule has 11 heavy (non-hydrogen) atoms. The summed E-state index contributed by atoms with van der Waals surface area (Å²) in [6, 6.07) is 0. The van der Waals surface area contributed by atoms with Gasteiger partial charge in [-0.3, -0.25) is 9.98 Å². The minimum atomic E-state index is 0.157. The van der Waals surface area contributed by atoms with Crippen molar-refractivity contribution in [2.24, 2.45) is 9.98 Å². The fourth-order valence-electron chi connectivity index (χ4n) is 1.61. The lowest BCUT2D eigenvalue weighted by molar-refractivity contribution is 0.103. The van der Waals surface area contributed by atoms with Crippen LogP contribution in [0.15, 0.2) is 9.98 Å². The highest BCUT2D eigenvalue weighted by atomic mass is 16.5. The van der Waals surface area contributed by atoms with E-state index in [0.29, 0.717) is 0 Å². The molecular weight excluding hydrogens is 140 g/mol. The third-order valence-corrected chi connectivity index (χ3v) is 2.11. The lowest BCUT2D eigenvalue weighted by atomic mass is 10.1. The largest absolute Gasteiger partial charge is 0.363 e. The van der Waals surface area contributed by atoms with Crippen molar-refractivity contribution in [3.8, 4) is 0 Å². The Bertz CT molecular complexity index is 208. The van der Waals surface area contributed by atoms with E-state index < -0.39 is 0 Å². The van der Waals surface area contributed by atoms with Crippen molar-refractivity contribution in [1.29, 1.82) is 0 Å². The van der Waals surface area contributed by atoms with Crippen molar-refractivity contribution >= 4 is 11.4 Å². The fourth-order valence-corrected chi connectivity index (χ4v) is 1.61. The molecule has 3 heteroatoms. The number of aliphatic imine (C=N–C) groups is 2. The first kappa shape index (κ1) is 6.98. The van der Waals surface area contributed by atoms with Crippen molar-refractivity contribution in [3.05, 3.63) is 0 Å². The monoisotopic (exact) mass is 152 g/mol. The molecule has 0 amide bonds. The number of hydrogen-bond acceptors (Lipinski definition) is 3. The standard InChI is InChI=1S/C8H12N2O/c1-5-7-8(6(2)11-5)10-4-3-9-7/h5-6H,3-4H2,1-2H3. The van der Waals surface area contributed by atoms with Crippen LogP contribution in [0.5, 0.6) is 0 Å². The predicted molar refractivity (Wildman–Crippen MR) is 44.6 cm³/mol. The summed E-state index contributed by atoms with van der Waals surface area (Å²) in [5, 5.41) is 0. The molecule has 0 aromatic rings. The van der Waals surface area contributed by atoms with Gasteiger partial charge in [0.1, 0.15) is 0 Å². The molecule has 1 fully saturated rings. The van der Waals surface area contributed by atoms with Crippen LogP contribution in [0.2, 0.25) is 0 Å². The molecule has 0 aromatic heterocycles. The maximum Gasteiger partial charge on any atom is 0.0990 e. The van der Waals surface area contributed by atoms with Crippen molar-refractivity contribution in [3.63, 3.8) is 0 Å². The lowest BCUT2D eigenvalue weighted by Gasteiger charge is -2.07. The van der Waals surface area contributed by atoms with Crippen molar-refractivity contribution < 1.29 is 4.74 Å². The predicted octanol–water partition coefficient (Wildman–Crippen LogP) is 0.689. The summed E-state index contributed by atoms with van der Waals surface area (Å²) in [7, 11) is 0. The second kappa shape index (κ2) is 2.41. The smallest absolute Gasteiger partial charge is 0.0990 e. The van der Waals surface area contributed by atoms with Gasteiger partial charge in [0, 0.05) is 0 Å². The van der Waals surface area contributed by atoms with Crippen LogP contribution in [0, 0.1) is 0 Å². The Balaban J connectivity index is 2.34. The van der Waals surface area contributed by atoms with Crippen LogP contribution in [0.1, 0.15) is 13.8 Å². The van der Waals surface area contributed by atoms with Gasteiger partial charge in [-0.2, -0.15) is 0 Å². The van der Waals surface area contributed by atoms with Crippen LogP contribution in [0.4, 0.5) is 0 Å². The number of nitrogens with zero attached hydrogens (tertiary/aromatic N) is 2. The summed E-state index contributed by atoms with van der Waals surface area (Å²) < 4.78 is 5.55. The Kier molecular flexibility index (Phi) is 1.53. The molecule has 0 aromatic carbocycles. The van der Waals surface area contributed by atoms with Gasteiger partial charge in [0.25, 0.3) is 0 Å². The topological polar surface area (TPSA) is 34.0 Å². The normalized spacial score (nSPS) is 36.2. The van der Waals surface area contributed by atoms with Crippen molar-refractivity contribution in [2.45, 2.75) is 26.1 Å². The zero-order valence-electron chi connectivity index (χ0n) is 6.87. The molecule has 2 aliphatic heterocycles. The maximum atomic E-state index is 5.55. The number of hydrogen-bond donors (Lipinski definition) is 0. The van der Waals surface area contributed by atoms with Crippen LogP contribution < -0.4 is 0 Å². The summed E-state index contributed by atoms with van der Waals surface area (Å²) in [5.74, 6) is 0. The second-order valence-electron chi connectivity index (χ2n) is 2.95. The van der Waals surface area contributed by atoms with Gasteiger partial charge in [-0.25, -0.2) is 0 Å². The Labute approximate surface area is 66.2 Å². The van der Waals surface area contributed by atoms with Crippen LogP contribution in [-0.2, 0) is 4.74 Å².